The van der Waals surface area contributed by atoms with Gasteiger partial charge in [0, 0.05) is 41.4 Å². The molecule has 7 nitrogen and oxygen atoms in total. The van der Waals surface area contributed by atoms with E-state index in [0.29, 0.717) is 17.7 Å². The number of aldehydes is 2. The number of anilines is 1. The van der Waals surface area contributed by atoms with Crippen molar-refractivity contribution in [3.05, 3.63) is 119 Å². The summed E-state index contributed by atoms with van der Waals surface area (Å²) < 4.78 is 1.95. The molecule has 0 fully saturated rings. The van der Waals surface area contributed by atoms with E-state index in [4.69, 9.17) is 0 Å². The standard InChI is InChI=1S/C40H36N2O5/c1-23(21-43)41-30-17-15-24-11-7-9-13-26(24)34(30)38(2,3)32(41)19-28-36(45)29(37(28)46)20-33-39(4,5)35-27-14-10-8-12-25(27)16-18-31(35)42(33)40(6,47)22-44/h7-23,47H,1-6H3/p+1. The highest BCUT2D eigenvalue weighted by Gasteiger charge is 2.51. The van der Waals surface area contributed by atoms with E-state index in [2.05, 4.69) is 26.0 Å². The van der Waals surface area contributed by atoms with Crippen LogP contribution >= 0.6 is 0 Å². The molecule has 2 N–H and O–H groups in total. The number of fused-ring (bicyclic) bond motifs is 6. The third-order valence-electron chi connectivity index (χ3n) is 10.2. The highest BCUT2D eigenvalue weighted by molar-refractivity contribution is 6.24. The summed E-state index contributed by atoms with van der Waals surface area (Å²) in [5, 5.41) is 27.0. The minimum absolute atomic E-state index is 0.0949. The topological polar surface area (TPSA) is 97.9 Å². The molecule has 4 aromatic rings. The number of allylic oxidation sites excluding steroid dienone is 5. The first-order chi connectivity index (χ1) is 22.3. The summed E-state index contributed by atoms with van der Waals surface area (Å²) in [6.07, 6.45) is 4.66. The number of hydrogen-bond donors (Lipinski definition) is 2. The molecule has 0 bridgehead atoms. The quantitative estimate of drug-likeness (QED) is 0.138. The number of carbonyl (C=O) groups is 3. The number of Topliss-reactive ketones (excluding diaryl/α,β-unsaturated/α-hetero) is 1. The first kappa shape index (κ1) is 30.5. The zero-order chi connectivity index (χ0) is 33.6. The number of benzene rings is 4. The Kier molecular flexibility index (Phi) is 6.61. The maximum Gasteiger partial charge on any atom is 0.211 e. The average molecular weight is 626 g/mol. The van der Waals surface area contributed by atoms with Gasteiger partial charge >= 0.3 is 0 Å². The van der Waals surface area contributed by atoms with Crippen LogP contribution < -0.4 is 4.90 Å². The molecule has 0 amide bonds. The SMILES string of the molecule is CC(C=O)[N+]1=C(/C=C2/C(=O)C(/C=C3/N(C(C)(O)C=O)c4ccc5ccccc5c4C3(C)C)=C2O)C(C)(C)c2c1ccc1ccccc21. The molecule has 236 valence electrons. The van der Waals surface area contributed by atoms with Gasteiger partial charge in [-0.05, 0) is 66.1 Å². The number of carbonyl (C=O) groups excluding carboxylic acids is 3. The zero-order valence-corrected chi connectivity index (χ0v) is 27.3. The summed E-state index contributed by atoms with van der Waals surface area (Å²) in [5.41, 5.74) is 1.76. The van der Waals surface area contributed by atoms with Crippen LogP contribution in [0.5, 0.6) is 0 Å². The van der Waals surface area contributed by atoms with Crippen LogP contribution in [0.1, 0.15) is 52.7 Å². The molecule has 47 heavy (non-hydrogen) atoms. The van der Waals surface area contributed by atoms with Gasteiger partial charge in [-0.1, -0.05) is 68.4 Å². The summed E-state index contributed by atoms with van der Waals surface area (Å²) in [7, 11) is 0. The lowest BCUT2D eigenvalue weighted by molar-refractivity contribution is -0.460. The van der Waals surface area contributed by atoms with Crippen molar-refractivity contribution in [3.8, 4) is 0 Å². The third kappa shape index (κ3) is 4.16. The minimum Gasteiger partial charge on any atom is -0.506 e. The highest BCUT2D eigenvalue weighted by Crippen LogP contribution is 2.54. The second-order valence-electron chi connectivity index (χ2n) is 14.0. The number of rotatable bonds is 6. The van der Waals surface area contributed by atoms with Crippen molar-refractivity contribution in [2.45, 2.75) is 64.1 Å². The van der Waals surface area contributed by atoms with Gasteiger partial charge in [-0.25, -0.2) is 0 Å². The lowest BCUT2D eigenvalue weighted by Crippen LogP contribution is -2.47. The zero-order valence-electron chi connectivity index (χ0n) is 27.3. The summed E-state index contributed by atoms with van der Waals surface area (Å²) in [4.78, 5) is 39.9. The van der Waals surface area contributed by atoms with Gasteiger partial charge in [0.15, 0.2) is 24.0 Å². The molecule has 7 rings (SSSR count). The Balaban J connectivity index is 1.39. The first-order valence-electron chi connectivity index (χ1n) is 15.8. The van der Waals surface area contributed by atoms with Crippen LogP contribution in [0.2, 0.25) is 0 Å². The van der Waals surface area contributed by atoms with Crippen molar-refractivity contribution >= 4 is 57.0 Å². The maximum atomic E-state index is 13.9. The van der Waals surface area contributed by atoms with Crippen molar-refractivity contribution in [2.24, 2.45) is 0 Å². The highest BCUT2D eigenvalue weighted by atomic mass is 16.3. The predicted molar refractivity (Wildman–Crippen MR) is 184 cm³/mol. The van der Waals surface area contributed by atoms with Gasteiger partial charge in [-0.15, -0.1) is 0 Å². The number of aliphatic hydroxyl groups excluding tert-OH is 1. The molecule has 0 saturated heterocycles. The normalized spacial score (nSPS) is 21.7. The van der Waals surface area contributed by atoms with E-state index in [9.17, 15) is 24.6 Å². The minimum atomic E-state index is -1.91. The molecular weight excluding hydrogens is 588 g/mol. The molecule has 4 aromatic carbocycles. The lowest BCUT2D eigenvalue weighted by atomic mass is 9.76. The van der Waals surface area contributed by atoms with E-state index in [1.54, 1.807) is 17.1 Å². The van der Waals surface area contributed by atoms with Crippen LogP contribution in [0, 0.1) is 0 Å². The Morgan fingerprint density at radius 3 is 2.02 bits per heavy atom. The molecule has 7 heteroatoms. The largest absolute Gasteiger partial charge is 0.506 e. The molecule has 2 aliphatic heterocycles. The van der Waals surface area contributed by atoms with Crippen LogP contribution in [0.4, 0.5) is 11.4 Å². The summed E-state index contributed by atoms with van der Waals surface area (Å²) in [6, 6.07) is 23.4. The Morgan fingerprint density at radius 1 is 0.830 bits per heavy atom. The molecule has 2 heterocycles. The molecular formula is C40H37N2O5+. The second-order valence-corrected chi connectivity index (χ2v) is 14.0. The predicted octanol–water partition coefficient (Wildman–Crippen LogP) is 6.87. The van der Waals surface area contributed by atoms with Crippen molar-refractivity contribution in [1.29, 1.82) is 0 Å². The summed E-state index contributed by atoms with van der Waals surface area (Å²) in [5.74, 6) is -0.534. The fourth-order valence-corrected chi connectivity index (χ4v) is 7.84. The molecule has 0 saturated carbocycles. The molecule has 0 radical (unpaired) electrons. The average Bonchev–Trinajstić information content (AvgIpc) is 3.44. The number of nitrogens with zero attached hydrogens (tertiary/aromatic N) is 2. The van der Waals surface area contributed by atoms with Gasteiger partial charge in [-0.3, -0.25) is 14.4 Å². The molecule has 2 unspecified atom stereocenters. The van der Waals surface area contributed by atoms with Crippen LogP contribution in [0.3, 0.4) is 0 Å². The Labute approximate surface area is 273 Å². The van der Waals surface area contributed by atoms with Gasteiger partial charge in [0.1, 0.15) is 5.76 Å². The van der Waals surface area contributed by atoms with Crippen LogP contribution in [0.15, 0.2) is 108 Å². The fraction of sp³-hybridized carbons (Fsp3) is 0.250. The van der Waals surface area contributed by atoms with Gasteiger partial charge in [0.05, 0.1) is 16.6 Å². The number of hydrogen-bond acceptors (Lipinski definition) is 6. The van der Waals surface area contributed by atoms with E-state index >= 15 is 0 Å². The third-order valence-corrected chi connectivity index (χ3v) is 10.2. The van der Waals surface area contributed by atoms with Crippen LogP contribution in [-0.4, -0.2) is 50.6 Å². The monoisotopic (exact) mass is 625 g/mol. The summed E-state index contributed by atoms with van der Waals surface area (Å²) in [6.45, 7) is 11.3. The van der Waals surface area contributed by atoms with Crippen LogP contribution in [-0.2, 0) is 25.2 Å². The van der Waals surface area contributed by atoms with Crippen molar-refractivity contribution < 1.29 is 29.2 Å². The van der Waals surface area contributed by atoms with Crippen molar-refractivity contribution in [3.63, 3.8) is 0 Å². The first-order valence-corrected chi connectivity index (χ1v) is 15.8. The van der Waals surface area contributed by atoms with E-state index < -0.39 is 22.6 Å². The summed E-state index contributed by atoms with van der Waals surface area (Å²) >= 11 is 0. The van der Waals surface area contributed by atoms with E-state index in [1.165, 1.54) is 6.92 Å². The number of aliphatic hydroxyl groups is 2. The second kappa shape index (κ2) is 10.2. The molecule has 1 aliphatic carbocycles. The maximum absolute atomic E-state index is 13.9. The van der Waals surface area contributed by atoms with Gasteiger partial charge < -0.3 is 15.1 Å². The van der Waals surface area contributed by atoms with Gasteiger partial charge in [-0.2, -0.15) is 4.58 Å². The van der Waals surface area contributed by atoms with Gasteiger partial charge in [0.2, 0.25) is 17.5 Å². The van der Waals surface area contributed by atoms with Crippen molar-refractivity contribution in [1.82, 2.24) is 0 Å². The van der Waals surface area contributed by atoms with Crippen molar-refractivity contribution in [2.75, 3.05) is 4.90 Å². The Morgan fingerprint density at radius 2 is 1.43 bits per heavy atom. The van der Waals surface area contributed by atoms with E-state index in [-0.39, 0.29) is 22.7 Å². The van der Waals surface area contributed by atoms with Crippen LogP contribution in [0.25, 0.3) is 21.5 Å². The molecule has 0 spiro atoms. The van der Waals surface area contributed by atoms with E-state index in [1.807, 2.05) is 86.0 Å². The Hall–Kier alpha value is -5.14. The fourth-order valence-electron chi connectivity index (χ4n) is 7.84. The molecule has 0 aromatic heterocycles. The lowest BCUT2D eigenvalue weighted by Gasteiger charge is -2.36. The molecule has 3 aliphatic rings. The van der Waals surface area contributed by atoms with Gasteiger partial charge in [0.25, 0.3) is 0 Å². The van der Waals surface area contributed by atoms with E-state index in [0.717, 1.165) is 50.4 Å². The number of ketones is 1. The molecule has 2 atom stereocenters. The smallest absolute Gasteiger partial charge is 0.211 e. The Bertz CT molecular complexity index is 2210.